The molecule has 17 heavy (non-hydrogen) atoms. The van der Waals surface area contributed by atoms with Crippen LogP contribution in [0.15, 0.2) is 48.9 Å². The summed E-state index contributed by atoms with van der Waals surface area (Å²) < 4.78 is 5.55. The fourth-order valence-corrected chi connectivity index (χ4v) is 1.40. The zero-order chi connectivity index (χ0) is 11.8. The first-order valence-corrected chi connectivity index (χ1v) is 5.58. The van der Waals surface area contributed by atoms with Crippen molar-refractivity contribution < 1.29 is 4.74 Å². The molecule has 0 saturated heterocycles. The number of hydrogen-bond donors (Lipinski definition) is 1. The van der Waals surface area contributed by atoms with Crippen LogP contribution in [0.25, 0.3) is 0 Å². The maximum atomic E-state index is 5.55. The van der Waals surface area contributed by atoms with E-state index in [4.69, 9.17) is 4.74 Å². The van der Waals surface area contributed by atoms with Crippen LogP contribution in [0.4, 0.5) is 0 Å². The molecular formula is C13H15N3O. The zero-order valence-electron chi connectivity index (χ0n) is 9.54. The maximum absolute atomic E-state index is 5.55. The topological polar surface area (TPSA) is 47.0 Å². The van der Waals surface area contributed by atoms with Gasteiger partial charge in [-0.25, -0.2) is 0 Å². The number of ether oxygens (including phenoxy) is 1. The maximum Gasteiger partial charge on any atom is 0.119 e. The van der Waals surface area contributed by atoms with Gasteiger partial charge < -0.3 is 10.1 Å². The lowest BCUT2D eigenvalue weighted by molar-refractivity contribution is 0.313. The molecule has 0 unspecified atom stereocenters. The number of para-hydroxylation sites is 1. The quantitative estimate of drug-likeness (QED) is 0.765. The van der Waals surface area contributed by atoms with Crippen LogP contribution in [0.2, 0.25) is 0 Å². The smallest absolute Gasteiger partial charge is 0.119 e. The molecule has 0 aliphatic heterocycles. The van der Waals surface area contributed by atoms with Crippen LogP contribution in [0.3, 0.4) is 0 Å². The van der Waals surface area contributed by atoms with E-state index in [0.29, 0.717) is 13.2 Å². The number of nitrogens with one attached hydrogen (secondary N) is 1. The van der Waals surface area contributed by atoms with E-state index >= 15 is 0 Å². The van der Waals surface area contributed by atoms with Gasteiger partial charge in [0.05, 0.1) is 5.69 Å². The van der Waals surface area contributed by atoms with Crippen molar-refractivity contribution in [1.29, 1.82) is 0 Å². The van der Waals surface area contributed by atoms with Crippen LogP contribution in [0.5, 0.6) is 5.75 Å². The molecule has 4 heteroatoms. The monoisotopic (exact) mass is 229 g/mol. The molecule has 0 spiro atoms. The molecule has 1 aromatic carbocycles. The van der Waals surface area contributed by atoms with Gasteiger partial charge in [0.1, 0.15) is 12.4 Å². The fourth-order valence-electron chi connectivity index (χ4n) is 1.40. The Balaban J connectivity index is 1.61. The first kappa shape index (κ1) is 11.5. The molecule has 0 aliphatic carbocycles. The van der Waals surface area contributed by atoms with Crippen LogP contribution < -0.4 is 10.1 Å². The molecule has 0 aliphatic rings. The number of aromatic nitrogens is 2. The van der Waals surface area contributed by atoms with E-state index in [1.165, 1.54) is 0 Å². The Morgan fingerprint density at radius 1 is 1.12 bits per heavy atom. The molecule has 0 radical (unpaired) electrons. The summed E-state index contributed by atoms with van der Waals surface area (Å²) in [6.45, 7) is 2.14. The second kappa shape index (κ2) is 6.60. The summed E-state index contributed by atoms with van der Waals surface area (Å²) in [5.41, 5.74) is 0.937. The van der Waals surface area contributed by atoms with E-state index in [2.05, 4.69) is 15.3 Å². The van der Waals surface area contributed by atoms with Gasteiger partial charge in [0.15, 0.2) is 0 Å². The summed E-state index contributed by atoms with van der Waals surface area (Å²) in [5.74, 6) is 0.897. The normalized spacial score (nSPS) is 10.1. The molecule has 1 heterocycles. The fraction of sp³-hybridized carbons (Fsp3) is 0.231. The van der Waals surface area contributed by atoms with E-state index in [-0.39, 0.29) is 0 Å². The Morgan fingerprint density at radius 2 is 2.00 bits per heavy atom. The standard InChI is InChI=1S/C13H15N3O/c1-2-4-13(5-3-1)17-9-8-15-11-12-10-14-6-7-16-12/h1-7,10,15H,8-9,11H2. The average Bonchev–Trinajstić information content (AvgIpc) is 2.41. The minimum Gasteiger partial charge on any atom is -0.492 e. The highest BCUT2D eigenvalue weighted by Crippen LogP contribution is 2.07. The molecule has 88 valence electrons. The van der Waals surface area contributed by atoms with Gasteiger partial charge in [-0.1, -0.05) is 18.2 Å². The largest absolute Gasteiger partial charge is 0.492 e. The van der Waals surface area contributed by atoms with E-state index in [1.807, 2.05) is 30.3 Å². The Bertz CT molecular complexity index is 378. The van der Waals surface area contributed by atoms with Crippen LogP contribution in [0.1, 0.15) is 5.69 Å². The Morgan fingerprint density at radius 3 is 2.76 bits per heavy atom. The van der Waals surface area contributed by atoms with Crippen molar-refractivity contribution in [3.05, 3.63) is 54.6 Å². The highest BCUT2D eigenvalue weighted by molar-refractivity contribution is 5.20. The van der Waals surface area contributed by atoms with Gasteiger partial charge in [0.2, 0.25) is 0 Å². The second-order valence-electron chi connectivity index (χ2n) is 3.54. The van der Waals surface area contributed by atoms with Crippen molar-refractivity contribution in [2.75, 3.05) is 13.2 Å². The molecular weight excluding hydrogens is 214 g/mol. The molecule has 0 amide bonds. The third kappa shape index (κ3) is 4.20. The van der Waals surface area contributed by atoms with Gasteiger partial charge >= 0.3 is 0 Å². The summed E-state index contributed by atoms with van der Waals surface area (Å²) in [4.78, 5) is 8.17. The third-order valence-electron chi connectivity index (χ3n) is 2.21. The molecule has 0 atom stereocenters. The molecule has 1 aromatic heterocycles. The zero-order valence-corrected chi connectivity index (χ0v) is 9.54. The highest BCUT2D eigenvalue weighted by Gasteiger charge is 1.94. The van der Waals surface area contributed by atoms with E-state index in [9.17, 15) is 0 Å². The van der Waals surface area contributed by atoms with Crippen LogP contribution >= 0.6 is 0 Å². The lowest BCUT2D eigenvalue weighted by Crippen LogP contribution is -2.21. The van der Waals surface area contributed by atoms with Gasteiger partial charge in [-0.2, -0.15) is 0 Å². The van der Waals surface area contributed by atoms with Crippen molar-refractivity contribution >= 4 is 0 Å². The van der Waals surface area contributed by atoms with Gasteiger partial charge in [-0.05, 0) is 12.1 Å². The first-order valence-electron chi connectivity index (χ1n) is 5.58. The Kier molecular flexibility index (Phi) is 4.48. The van der Waals surface area contributed by atoms with Gasteiger partial charge in [-0.3, -0.25) is 9.97 Å². The average molecular weight is 229 g/mol. The van der Waals surface area contributed by atoms with Crippen molar-refractivity contribution in [1.82, 2.24) is 15.3 Å². The van der Waals surface area contributed by atoms with E-state index in [1.54, 1.807) is 18.6 Å². The van der Waals surface area contributed by atoms with Gasteiger partial charge in [0.25, 0.3) is 0 Å². The lowest BCUT2D eigenvalue weighted by Gasteiger charge is -2.06. The van der Waals surface area contributed by atoms with Crippen LogP contribution in [0, 0.1) is 0 Å². The lowest BCUT2D eigenvalue weighted by atomic mass is 10.3. The van der Waals surface area contributed by atoms with Crippen LogP contribution in [-0.2, 0) is 6.54 Å². The molecule has 0 bridgehead atoms. The van der Waals surface area contributed by atoms with Crippen molar-refractivity contribution in [3.8, 4) is 5.75 Å². The molecule has 4 nitrogen and oxygen atoms in total. The van der Waals surface area contributed by atoms with Crippen molar-refractivity contribution in [2.24, 2.45) is 0 Å². The molecule has 0 fully saturated rings. The van der Waals surface area contributed by atoms with Crippen molar-refractivity contribution in [3.63, 3.8) is 0 Å². The van der Waals surface area contributed by atoms with E-state index < -0.39 is 0 Å². The van der Waals surface area contributed by atoms with E-state index in [0.717, 1.165) is 18.0 Å². The number of hydrogen-bond acceptors (Lipinski definition) is 4. The molecule has 1 N–H and O–H groups in total. The summed E-state index contributed by atoms with van der Waals surface area (Å²) >= 11 is 0. The summed E-state index contributed by atoms with van der Waals surface area (Å²) in [6.07, 6.45) is 5.12. The predicted molar refractivity (Wildman–Crippen MR) is 65.7 cm³/mol. The van der Waals surface area contributed by atoms with Gasteiger partial charge in [-0.15, -0.1) is 0 Å². The summed E-state index contributed by atoms with van der Waals surface area (Å²) in [6, 6.07) is 9.79. The molecule has 2 rings (SSSR count). The SMILES string of the molecule is c1ccc(OCCNCc2cnccn2)cc1. The Hall–Kier alpha value is -1.94. The minimum absolute atomic E-state index is 0.643. The third-order valence-corrected chi connectivity index (χ3v) is 2.21. The van der Waals surface area contributed by atoms with Crippen molar-refractivity contribution in [2.45, 2.75) is 6.54 Å². The Labute approximate surface area is 101 Å². The van der Waals surface area contributed by atoms with Crippen LogP contribution in [-0.4, -0.2) is 23.1 Å². The molecule has 2 aromatic rings. The molecule has 0 saturated carbocycles. The summed E-state index contributed by atoms with van der Waals surface area (Å²) in [5, 5.41) is 3.24. The number of rotatable bonds is 6. The number of benzene rings is 1. The first-order chi connectivity index (χ1) is 8.45. The predicted octanol–water partition coefficient (Wildman–Crippen LogP) is 1.65. The van der Waals surface area contributed by atoms with Gasteiger partial charge in [0, 0.05) is 31.7 Å². The minimum atomic E-state index is 0.643. The summed E-state index contributed by atoms with van der Waals surface area (Å²) in [7, 11) is 0. The highest BCUT2D eigenvalue weighted by atomic mass is 16.5. The second-order valence-corrected chi connectivity index (χ2v) is 3.54. The number of nitrogens with zero attached hydrogens (tertiary/aromatic N) is 2.